The fourth-order valence-electron chi connectivity index (χ4n) is 4.71. The van der Waals surface area contributed by atoms with E-state index in [0.29, 0.717) is 5.92 Å². The summed E-state index contributed by atoms with van der Waals surface area (Å²) >= 11 is 0. The number of rotatable bonds is 2. The highest BCUT2D eigenvalue weighted by Crippen LogP contribution is 2.55. The van der Waals surface area contributed by atoms with E-state index in [2.05, 4.69) is 49.1 Å². The Labute approximate surface area is 138 Å². The van der Waals surface area contributed by atoms with Crippen molar-refractivity contribution in [3.8, 4) is 0 Å². The number of hydrogen-bond acceptors (Lipinski definition) is 2. The Bertz CT molecular complexity index is 711. The molecule has 1 N–H and O–H groups in total. The SMILES string of the molecule is CCN1CC[C@@H]2[C@H](C1)c1ccc(C)cc1C2(O)c1ccccc1. The number of hydrogen-bond donors (Lipinski definition) is 1. The Morgan fingerprint density at radius 2 is 1.96 bits per heavy atom. The number of nitrogens with zero attached hydrogens (tertiary/aromatic N) is 1. The second-order valence-electron chi connectivity index (χ2n) is 7.12. The lowest BCUT2D eigenvalue weighted by atomic mass is 9.74. The standard InChI is InChI=1S/C21H25NO/c1-3-22-12-11-19-18(14-22)17-10-9-15(2)13-20(17)21(19,23)16-7-5-4-6-8-16/h4-10,13,18-19,23H,3,11-12,14H2,1-2H3/t18-,19-,21?/m1/s1. The Morgan fingerprint density at radius 3 is 2.70 bits per heavy atom. The second-order valence-corrected chi connectivity index (χ2v) is 7.12. The first-order valence-corrected chi connectivity index (χ1v) is 8.76. The molecule has 1 heterocycles. The molecule has 0 bridgehead atoms. The van der Waals surface area contributed by atoms with Crippen LogP contribution in [0.5, 0.6) is 0 Å². The lowest BCUT2D eigenvalue weighted by Crippen LogP contribution is -2.43. The Balaban J connectivity index is 1.88. The van der Waals surface area contributed by atoms with Crippen LogP contribution in [0.4, 0.5) is 0 Å². The topological polar surface area (TPSA) is 23.5 Å². The highest BCUT2D eigenvalue weighted by molar-refractivity contribution is 5.51. The molecule has 2 heteroatoms. The van der Waals surface area contributed by atoms with E-state index >= 15 is 0 Å². The minimum Gasteiger partial charge on any atom is -0.380 e. The lowest BCUT2D eigenvalue weighted by Gasteiger charge is -2.40. The fraction of sp³-hybridized carbons (Fsp3) is 0.429. The zero-order chi connectivity index (χ0) is 16.0. The van der Waals surface area contributed by atoms with Gasteiger partial charge in [-0.1, -0.05) is 61.0 Å². The van der Waals surface area contributed by atoms with E-state index in [9.17, 15) is 5.11 Å². The van der Waals surface area contributed by atoms with Crippen LogP contribution in [0, 0.1) is 12.8 Å². The first kappa shape index (κ1) is 14.9. The van der Waals surface area contributed by atoms with Crippen LogP contribution < -0.4 is 0 Å². The Morgan fingerprint density at radius 1 is 1.17 bits per heavy atom. The number of likely N-dealkylation sites (tertiary alicyclic amines) is 1. The number of aryl methyl sites for hydroxylation is 1. The molecular formula is C21H25NO. The number of piperidine rings is 1. The van der Waals surface area contributed by atoms with Crippen LogP contribution in [0.1, 0.15) is 41.5 Å². The third kappa shape index (κ3) is 2.16. The average molecular weight is 307 g/mol. The normalized spacial score (nSPS) is 30.0. The van der Waals surface area contributed by atoms with Crippen LogP contribution >= 0.6 is 0 Å². The molecule has 1 fully saturated rings. The Kier molecular flexibility index (Phi) is 3.55. The maximum atomic E-state index is 11.9. The summed E-state index contributed by atoms with van der Waals surface area (Å²) in [5, 5.41) is 11.9. The lowest BCUT2D eigenvalue weighted by molar-refractivity contribution is -0.00741. The molecule has 2 aromatic carbocycles. The highest BCUT2D eigenvalue weighted by atomic mass is 16.3. The van der Waals surface area contributed by atoms with Gasteiger partial charge in [0.1, 0.15) is 5.60 Å². The maximum absolute atomic E-state index is 11.9. The molecule has 1 aliphatic heterocycles. The van der Waals surface area contributed by atoms with Crippen LogP contribution in [0.25, 0.3) is 0 Å². The molecular weight excluding hydrogens is 282 g/mol. The summed E-state index contributed by atoms with van der Waals surface area (Å²) in [6, 6.07) is 16.9. The van der Waals surface area contributed by atoms with Gasteiger partial charge in [-0.3, -0.25) is 0 Å². The minimum absolute atomic E-state index is 0.282. The number of likely N-dealkylation sites (N-methyl/N-ethyl adjacent to an activating group) is 1. The van der Waals surface area contributed by atoms with Crippen molar-refractivity contribution < 1.29 is 5.11 Å². The first-order chi connectivity index (χ1) is 11.1. The molecule has 1 aliphatic carbocycles. The van der Waals surface area contributed by atoms with Crippen molar-refractivity contribution in [3.63, 3.8) is 0 Å². The van der Waals surface area contributed by atoms with E-state index in [0.717, 1.165) is 37.2 Å². The van der Waals surface area contributed by atoms with E-state index in [4.69, 9.17) is 0 Å². The molecule has 2 aliphatic rings. The summed E-state index contributed by atoms with van der Waals surface area (Å²) < 4.78 is 0. The fourth-order valence-corrected chi connectivity index (χ4v) is 4.71. The van der Waals surface area contributed by atoms with Gasteiger partial charge in [-0.05, 0) is 43.1 Å². The maximum Gasteiger partial charge on any atom is 0.118 e. The van der Waals surface area contributed by atoms with Gasteiger partial charge in [-0.2, -0.15) is 0 Å². The smallest absolute Gasteiger partial charge is 0.118 e. The van der Waals surface area contributed by atoms with E-state index < -0.39 is 5.60 Å². The monoisotopic (exact) mass is 307 g/mol. The van der Waals surface area contributed by atoms with Crippen LogP contribution in [0.15, 0.2) is 48.5 Å². The van der Waals surface area contributed by atoms with Crippen molar-refractivity contribution in [2.75, 3.05) is 19.6 Å². The van der Waals surface area contributed by atoms with Crippen molar-refractivity contribution in [2.24, 2.45) is 5.92 Å². The van der Waals surface area contributed by atoms with Crippen LogP contribution in [0.2, 0.25) is 0 Å². The molecule has 0 aromatic heterocycles. The quantitative estimate of drug-likeness (QED) is 0.915. The van der Waals surface area contributed by atoms with Gasteiger partial charge in [0, 0.05) is 18.4 Å². The molecule has 0 amide bonds. The molecule has 1 unspecified atom stereocenters. The first-order valence-electron chi connectivity index (χ1n) is 8.76. The third-order valence-corrected chi connectivity index (χ3v) is 5.91. The van der Waals surface area contributed by atoms with E-state index in [-0.39, 0.29) is 5.92 Å². The molecule has 4 rings (SSSR count). The molecule has 2 aromatic rings. The van der Waals surface area contributed by atoms with Gasteiger partial charge in [0.15, 0.2) is 0 Å². The average Bonchev–Trinajstić information content (AvgIpc) is 2.85. The second kappa shape index (κ2) is 5.47. The number of fused-ring (bicyclic) bond motifs is 3. The summed E-state index contributed by atoms with van der Waals surface area (Å²) in [5.74, 6) is 0.717. The number of aliphatic hydroxyl groups is 1. The van der Waals surface area contributed by atoms with E-state index in [1.165, 1.54) is 11.1 Å². The molecule has 2 nitrogen and oxygen atoms in total. The predicted molar refractivity (Wildman–Crippen MR) is 93.6 cm³/mol. The van der Waals surface area contributed by atoms with Crippen LogP contribution in [0.3, 0.4) is 0 Å². The predicted octanol–water partition coefficient (Wildman–Crippen LogP) is 3.67. The van der Waals surface area contributed by atoms with Gasteiger partial charge in [-0.25, -0.2) is 0 Å². The van der Waals surface area contributed by atoms with Crippen LogP contribution in [-0.2, 0) is 5.60 Å². The summed E-state index contributed by atoms with van der Waals surface area (Å²) in [5.41, 5.74) is 3.92. The largest absolute Gasteiger partial charge is 0.380 e. The van der Waals surface area contributed by atoms with Crippen molar-refractivity contribution in [2.45, 2.75) is 31.8 Å². The van der Waals surface area contributed by atoms with Gasteiger partial charge in [0.25, 0.3) is 0 Å². The highest BCUT2D eigenvalue weighted by Gasteiger charge is 2.53. The van der Waals surface area contributed by atoms with Gasteiger partial charge < -0.3 is 10.0 Å². The summed E-state index contributed by atoms with van der Waals surface area (Å²) in [6.45, 7) is 7.58. The number of benzene rings is 2. The van der Waals surface area contributed by atoms with E-state index in [1.807, 2.05) is 18.2 Å². The van der Waals surface area contributed by atoms with Crippen LogP contribution in [-0.4, -0.2) is 29.6 Å². The van der Waals surface area contributed by atoms with Crippen molar-refractivity contribution in [3.05, 3.63) is 70.8 Å². The van der Waals surface area contributed by atoms with Gasteiger partial charge in [0.2, 0.25) is 0 Å². The van der Waals surface area contributed by atoms with Crippen molar-refractivity contribution in [1.82, 2.24) is 4.90 Å². The zero-order valence-electron chi connectivity index (χ0n) is 14.0. The van der Waals surface area contributed by atoms with Gasteiger partial charge in [-0.15, -0.1) is 0 Å². The summed E-state index contributed by atoms with van der Waals surface area (Å²) in [7, 11) is 0. The van der Waals surface area contributed by atoms with Crippen molar-refractivity contribution >= 4 is 0 Å². The summed E-state index contributed by atoms with van der Waals surface area (Å²) in [4.78, 5) is 2.52. The molecule has 0 radical (unpaired) electrons. The Hall–Kier alpha value is -1.64. The molecule has 1 saturated heterocycles. The summed E-state index contributed by atoms with van der Waals surface area (Å²) in [6.07, 6.45) is 1.05. The van der Waals surface area contributed by atoms with E-state index in [1.54, 1.807) is 0 Å². The third-order valence-electron chi connectivity index (χ3n) is 5.91. The van der Waals surface area contributed by atoms with Gasteiger partial charge in [0.05, 0.1) is 0 Å². The molecule has 0 saturated carbocycles. The molecule has 23 heavy (non-hydrogen) atoms. The molecule has 0 spiro atoms. The minimum atomic E-state index is -0.840. The van der Waals surface area contributed by atoms with Gasteiger partial charge >= 0.3 is 0 Å². The zero-order valence-corrected chi connectivity index (χ0v) is 14.0. The van der Waals surface area contributed by atoms with Crippen molar-refractivity contribution in [1.29, 1.82) is 0 Å². The molecule has 120 valence electrons. The molecule has 3 atom stereocenters.